The van der Waals surface area contributed by atoms with Gasteiger partial charge in [-0.2, -0.15) is 13.2 Å². The molecule has 1 atom stereocenters. The lowest BCUT2D eigenvalue weighted by molar-refractivity contribution is -0.157. The second-order valence-corrected chi connectivity index (χ2v) is 7.37. The number of hydrogen-bond donors (Lipinski definition) is 0. The van der Waals surface area contributed by atoms with Gasteiger partial charge in [0.1, 0.15) is 5.82 Å². The summed E-state index contributed by atoms with van der Waals surface area (Å²) in [4.78, 5) is 16.1. The molecule has 0 bridgehead atoms. The predicted octanol–water partition coefficient (Wildman–Crippen LogP) is 5.25. The fraction of sp³-hybridized carbons (Fsp3) is 0.444. The summed E-state index contributed by atoms with van der Waals surface area (Å²) in [7, 11) is 0. The predicted molar refractivity (Wildman–Crippen MR) is 91.7 cm³/mol. The fourth-order valence-electron chi connectivity index (χ4n) is 2.40. The van der Waals surface area contributed by atoms with Gasteiger partial charge in [0.2, 0.25) is 0 Å². The molecule has 26 heavy (non-hydrogen) atoms. The van der Waals surface area contributed by atoms with Gasteiger partial charge < -0.3 is 9.30 Å². The Morgan fingerprint density at radius 3 is 2.54 bits per heavy atom. The van der Waals surface area contributed by atoms with Crippen LogP contribution < -0.4 is 0 Å². The molecule has 0 saturated heterocycles. The number of carbonyl (C=O) groups is 1. The van der Waals surface area contributed by atoms with Gasteiger partial charge in [-0.15, -0.1) is 0 Å². The lowest BCUT2D eigenvalue weighted by Crippen LogP contribution is -2.24. The van der Waals surface area contributed by atoms with E-state index in [1.54, 1.807) is 38.5 Å². The van der Waals surface area contributed by atoms with Gasteiger partial charge in [0.15, 0.2) is 6.73 Å². The number of hydrogen-bond acceptors (Lipinski definition) is 3. The first kappa shape index (κ1) is 20.3. The number of benzene rings is 1. The van der Waals surface area contributed by atoms with E-state index in [9.17, 15) is 18.0 Å². The molecule has 0 aliphatic heterocycles. The summed E-state index contributed by atoms with van der Waals surface area (Å²) >= 11 is 6.00. The van der Waals surface area contributed by atoms with E-state index in [1.165, 1.54) is 18.3 Å². The zero-order valence-electron chi connectivity index (χ0n) is 14.9. The Hall–Kier alpha value is -2.02. The summed E-state index contributed by atoms with van der Waals surface area (Å²) < 4.78 is 46.0. The Kier molecular flexibility index (Phi) is 5.70. The van der Waals surface area contributed by atoms with Crippen molar-refractivity contribution in [1.82, 2.24) is 9.55 Å². The Labute approximate surface area is 154 Å². The first-order chi connectivity index (χ1) is 11.9. The first-order valence-corrected chi connectivity index (χ1v) is 8.34. The lowest BCUT2D eigenvalue weighted by atomic mass is 9.97. The summed E-state index contributed by atoms with van der Waals surface area (Å²) in [6.45, 7) is 6.82. The topological polar surface area (TPSA) is 44.1 Å². The van der Waals surface area contributed by atoms with Gasteiger partial charge in [0, 0.05) is 18.3 Å². The molecular weight excluding hydrogens is 369 g/mol. The Morgan fingerprint density at radius 1 is 1.31 bits per heavy atom. The smallest absolute Gasteiger partial charge is 0.417 e. The van der Waals surface area contributed by atoms with Crippen molar-refractivity contribution in [3.63, 3.8) is 0 Å². The summed E-state index contributed by atoms with van der Waals surface area (Å²) in [5.41, 5.74) is -1.24. The number of imidazole rings is 1. The number of nitrogens with zero attached hydrogens (tertiary/aromatic N) is 2. The number of rotatable bonds is 4. The average Bonchev–Trinajstić information content (AvgIpc) is 2.98. The van der Waals surface area contributed by atoms with Crippen LogP contribution in [-0.2, 0) is 22.4 Å². The van der Waals surface area contributed by atoms with E-state index in [0.717, 1.165) is 6.07 Å². The molecule has 4 nitrogen and oxygen atoms in total. The van der Waals surface area contributed by atoms with Crippen LogP contribution >= 0.6 is 11.6 Å². The van der Waals surface area contributed by atoms with Crippen LogP contribution in [0.3, 0.4) is 0 Å². The molecule has 0 spiro atoms. The van der Waals surface area contributed by atoms with Crippen LogP contribution in [0.4, 0.5) is 13.2 Å². The number of esters is 1. The molecule has 0 N–H and O–H groups in total. The zero-order valence-corrected chi connectivity index (χ0v) is 15.6. The van der Waals surface area contributed by atoms with E-state index < -0.39 is 23.1 Å². The minimum Gasteiger partial charge on any atom is -0.443 e. The van der Waals surface area contributed by atoms with Crippen LogP contribution in [-0.4, -0.2) is 15.5 Å². The standard InChI is InChI=1S/C18H20ClF3N2O2/c1-11(12-6-5-7-13(14(12)19)18(20,21)22)15-23-8-9-24(15)10-26-16(25)17(2,3)4/h5-9,11H,10H2,1-4H3. The normalized spacial score (nSPS) is 13.5. The lowest BCUT2D eigenvalue weighted by Gasteiger charge is -2.20. The minimum atomic E-state index is -4.54. The first-order valence-electron chi connectivity index (χ1n) is 7.96. The molecule has 0 radical (unpaired) electrons. The minimum absolute atomic E-state index is 0.0770. The molecular formula is C18H20ClF3N2O2. The number of ether oxygens (including phenoxy) is 1. The van der Waals surface area contributed by atoms with E-state index in [0.29, 0.717) is 11.4 Å². The highest BCUT2D eigenvalue weighted by atomic mass is 35.5. The molecule has 142 valence electrons. The van der Waals surface area contributed by atoms with Gasteiger partial charge in [0.05, 0.1) is 16.0 Å². The van der Waals surface area contributed by atoms with Crippen molar-refractivity contribution in [2.24, 2.45) is 5.41 Å². The number of aromatic nitrogens is 2. The average molecular weight is 389 g/mol. The van der Waals surface area contributed by atoms with Crippen molar-refractivity contribution in [1.29, 1.82) is 0 Å². The Bertz CT molecular complexity index is 794. The van der Waals surface area contributed by atoms with Crippen molar-refractivity contribution < 1.29 is 22.7 Å². The molecule has 1 unspecified atom stereocenters. The molecule has 0 aliphatic carbocycles. The van der Waals surface area contributed by atoms with Crippen molar-refractivity contribution >= 4 is 17.6 Å². The monoisotopic (exact) mass is 388 g/mol. The maximum Gasteiger partial charge on any atom is 0.417 e. The molecule has 8 heteroatoms. The second-order valence-electron chi connectivity index (χ2n) is 6.99. The van der Waals surface area contributed by atoms with Gasteiger partial charge >= 0.3 is 12.1 Å². The van der Waals surface area contributed by atoms with Gasteiger partial charge in [-0.05, 0) is 32.4 Å². The van der Waals surface area contributed by atoms with Gasteiger partial charge in [-0.1, -0.05) is 30.7 Å². The highest BCUT2D eigenvalue weighted by Gasteiger charge is 2.35. The third-order valence-corrected chi connectivity index (χ3v) is 4.30. The van der Waals surface area contributed by atoms with Crippen molar-refractivity contribution in [2.75, 3.05) is 0 Å². The van der Waals surface area contributed by atoms with Crippen molar-refractivity contribution in [2.45, 2.75) is 46.5 Å². The molecule has 1 heterocycles. The van der Waals surface area contributed by atoms with E-state index in [1.807, 2.05) is 0 Å². The van der Waals surface area contributed by atoms with Crippen LogP contribution in [0.5, 0.6) is 0 Å². The Balaban J connectivity index is 2.29. The maximum absolute atomic E-state index is 13.1. The number of halogens is 4. The molecule has 1 aromatic carbocycles. The Morgan fingerprint density at radius 2 is 1.96 bits per heavy atom. The highest BCUT2D eigenvalue weighted by Crippen LogP contribution is 2.39. The largest absolute Gasteiger partial charge is 0.443 e. The summed E-state index contributed by atoms with van der Waals surface area (Å²) in [5.74, 6) is -0.456. The second kappa shape index (κ2) is 7.31. The highest BCUT2D eigenvalue weighted by molar-refractivity contribution is 6.32. The van der Waals surface area contributed by atoms with Gasteiger partial charge in [0.25, 0.3) is 0 Å². The molecule has 0 amide bonds. The van der Waals surface area contributed by atoms with Crippen LogP contribution in [0.2, 0.25) is 5.02 Å². The molecule has 0 aliphatic rings. The van der Waals surface area contributed by atoms with E-state index in [2.05, 4.69) is 4.98 Å². The van der Waals surface area contributed by atoms with Crippen molar-refractivity contribution in [3.8, 4) is 0 Å². The molecule has 0 saturated carbocycles. The fourth-order valence-corrected chi connectivity index (χ4v) is 2.79. The van der Waals surface area contributed by atoms with Crippen LogP contribution in [0.1, 0.15) is 50.6 Å². The summed E-state index contributed by atoms with van der Waals surface area (Å²) in [6.07, 6.45) is -1.44. The van der Waals surface area contributed by atoms with Crippen molar-refractivity contribution in [3.05, 3.63) is 52.6 Å². The molecule has 1 aromatic heterocycles. The van der Waals surface area contributed by atoms with Gasteiger partial charge in [-0.25, -0.2) is 4.98 Å². The molecule has 2 aromatic rings. The van der Waals surface area contributed by atoms with Crippen LogP contribution in [0, 0.1) is 5.41 Å². The molecule has 2 rings (SSSR count). The zero-order chi connectivity index (χ0) is 19.7. The number of carbonyl (C=O) groups excluding carboxylic acids is 1. The SMILES string of the molecule is CC(c1cccc(C(F)(F)F)c1Cl)c1nccn1COC(=O)C(C)(C)C. The van der Waals surface area contributed by atoms with Gasteiger partial charge in [-0.3, -0.25) is 4.79 Å². The summed E-state index contributed by atoms with van der Waals surface area (Å²) in [6, 6.07) is 3.78. The third kappa shape index (κ3) is 4.38. The van der Waals surface area contributed by atoms with Crippen LogP contribution in [0.15, 0.2) is 30.6 Å². The molecule has 0 fully saturated rings. The third-order valence-electron chi connectivity index (χ3n) is 3.88. The number of alkyl halides is 3. The summed E-state index contributed by atoms with van der Waals surface area (Å²) in [5, 5.41) is -0.353. The van der Waals surface area contributed by atoms with E-state index >= 15 is 0 Å². The van der Waals surface area contributed by atoms with E-state index in [4.69, 9.17) is 16.3 Å². The van der Waals surface area contributed by atoms with E-state index in [-0.39, 0.29) is 17.7 Å². The van der Waals surface area contributed by atoms with Crippen LogP contribution in [0.25, 0.3) is 0 Å². The maximum atomic E-state index is 13.1. The quantitative estimate of drug-likeness (QED) is 0.671.